The number of rotatable bonds is 9. The van der Waals surface area contributed by atoms with E-state index in [1.807, 2.05) is 12.1 Å². The van der Waals surface area contributed by atoms with Crippen LogP contribution >= 0.6 is 0 Å². The van der Waals surface area contributed by atoms with Gasteiger partial charge >= 0.3 is 0 Å². The fourth-order valence-electron chi connectivity index (χ4n) is 1.66. The van der Waals surface area contributed by atoms with Crippen molar-refractivity contribution in [2.24, 2.45) is 0 Å². The number of nitrogens with one attached hydrogen (secondary N) is 1. The van der Waals surface area contributed by atoms with Gasteiger partial charge in [0.2, 0.25) is 0 Å². The van der Waals surface area contributed by atoms with Crippen LogP contribution in [0.2, 0.25) is 0 Å². The van der Waals surface area contributed by atoms with Crippen molar-refractivity contribution in [2.75, 3.05) is 40.6 Å². The Labute approximate surface area is 108 Å². The Morgan fingerprint density at radius 2 is 2.17 bits per heavy atom. The summed E-state index contributed by atoms with van der Waals surface area (Å²) in [7, 11) is 3.31. The Morgan fingerprint density at radius 1 is 1.33 bits per heavy atom. The minimum absolute atomic E-state index is 0.0306. The van der Waals surface area contributed by atoms with Crippen molar-refractivity contribution < 1.29 is 14.2 Å². The van der Waals surface area contributed by atoms with Crippen molar-refractivity contribution in [3.63, 3.8) is 0 Å². The van der Waals surface area contributed by atoms with Crippen molar-refractivity contribution in [3.8, 4) is 5.75 Å². The third-order valence-corrected chi connectivity index (χ3v) is 2.52. The van der Waals surface area contributed by atoms with Gasteiger partial charge in [-0.05, 0) is 18.7 Å². The van der Waals surface area contributed by atoms with Gasteiger partial charge in [0.25, 0.3) is 0 Å². The molecule has 0 aliphatic carbocycles. The summed E-state index contributed by atoms with van der Waals surface area (Å²) in [4.78, 5) is 4.37. The fourth-order valence-corrected chi connectivity index (χ4v) is 1.66. The highest BCUT2D eigenvalue weighted by molar-refractivity contribution is 5.29. The molecule has 0 aliphatic heterocycles. The number of pyridine rings is 1. The third-order valence-electron chi connectivity index (χ3n) is 2.52. The van der Waals surface area contributed by atoms with Crippen molar-refractivity contribution in [1.29, 1.82) is 0 Å². The molecule has 0 saturated carbocycles. The standard InChI is InChI=1S/C13H22N2O3/c1-4-14-11(10-18-9-8-16-2)13-12(17-3)6-5-7-15-13/h5-7,11,14H,4,8-10H2,1-3H3. The van der Waals surface area contributed by atoms with Gasteiger partial charge < -0.3 is 19.5 Å². The summed E-state index contributed by atoms with van der Waals surface area (Å²) in [5, 5.41) is 3.34. The average molecular weight is 254 g/mol. The second kappa shape index (κ2) is 8.85. The summed E-state index contributed by atoms with van der Waals surface area (Å²) in [6, 6.07) is 3.79. The minimum Gasteiger partial charge on any atom is -0.495 e. The van der Waals surface area contributed by atoms with Gasteiger partial charge in [-0.2, -0.15) is 0 Å². The van der Waals surface area contributed by atoms with E-state index < -0.39 is 0 Å². The summed E-state index contributed by atoms with van der Waals surface area (Å²) in [5.74, 6) is 0.777. The molecular formula is C13H22N2O3. The summed E-state index contributed by atoms with van der Waals surface area (Å²) in [6.45, 7) is 4.62. The van der Waals surface area contributed by atoms with Gasteiger partial charge in [0.05, 0.1) is 33.0 Å². The Morgan fingerprint density at radius 3 is 2.83 bits per heavy atom. The molecule has 1 aromatic rings. The number of methoxy groups -OCH3 is 2. The lowest BCUT2D eigenvalue weighted by atomic mass is 10.2. The summed E-state index contributed by atoms with van der Waals surface area (Å²) < 4.78 is 15.8. The van der Waals surface area contributed by atoms with E-state index in [0.29, 0.717) is 19.8 Å². The van der Waals surface area contributed by atoms with Crippen LogP contribution in [-0.2, 0) is 9.47 Å². The smallest absolute Gasteiger partial charge is 0.142 e. The lowest BCUT2D eigenvalue weighted by Gasteiger charge is -2.19. The molecule has 0 aromatic carbocycles. The van der Waals surface area contributed by atoms with Crippen LogP contribution in [0.5, 0.6) is 5.75 Å². The first-order valence-corrected chi connectivity index (χ1v) is 6.12. The molecule has 0 aliphatic rings. The molecular weight excluding hydrogens is 232 g/mol. The maximum atomic E-state index is 5.56. The summed E-state index contributed by atoms with van der Waals surface area (Å²) in [6.07, 6.45) is 1.76. The maximum Gasteiger partial charge on any atom is 0.142 e. The molecule has 1 aromatic heterocycles. The molecule has 0 spiro atoms. The van der Waals surface area contributed by atoms with E-state index in [1.54, 1.807) is 20.4 Å². The fraction of sp³-hybridized carbons (Fsp3) is 0.615. The van der Waals surface area contributed by atoms with Gasteiger partial charge in [0.1, 0.15) is 11.4 Å². The lowest BCUT2D eigenvalue weighted by Crippen LogP contribution is -2.27. The topological polar surface area (TPSA) is 52.6 Å². The molecule has 5 heteroatoms. The second-order valence-electron chi connectivity index (χ2n) is 3.77. The van der Waals surface area contributed by atoms with Gasteiger partial charge in [-0.1, -0.05) is 6.92 Å². The Kier molecular flexibility index (Phi) is 7.32. The molecule has 1 heterocycles. The van der Waals surface area contributed by atoms with E-state index in [0.717, 1.165) is 18.0 Å². The van der Waals surface area contributed by atoms with Crippen LogP contribution in [0.4, 0.5) is 0 Å². The van der Waals surface area contributed by atoms with Crippen molar-refractivity contribution in [2.45, 2.75) is 13.0 Å². The van der Waals surface area contributed by atoms with Crippen molar-refractivity contribution >= 4 is 0 Å². The van der Waals surface area contributed by atoms with Gasteiger partial charge in [-0.3, -0.25) is 4.98 Å². The second-order valence-corrected chi connectivity index (χ2v) is 3.77. The van der Waals surface area contributed by atoms with E-state index in [9.17, 15) is 0 Å². The number of ether oxygens (including phenoxy) is 3. The molecule has 1 rings (SSSR count). The zero-order valence-electron chi connectivity index (χ0n) is 11.3. The number of likely N-dealkylation sites (N-methyl/N-ethyl adjacent to an activating group) is 1. The van der Waals surface area contributed by atoms with Crippen LogP contribution in [0.25, 0.3) is 0 Å². The zero-order chi connectivity index (χ0) is 13.2. The van der Waals surface area contributed by atoms with E-state index in [1.165, 1.54) is 0 Å². The van der Waals surface area contributed by atoms with Crippen molar-refractivity contribution in [1.82, 2.24) is 10.3 Å². The lowest BCUT2D eigenvalue weighted by molar-refractivity contribution is 0.0578. The molecule has 1 N–H and O–H groups in total. The van der Waals surface area contributed by atoms with Gasteiger partial charge in [0.15, 0.2) is 0 Å². The predicted octanol–water partition coefficient (Wildman–Crippen LogP) is 1.40. The number of hydrogen-bond acceptors (Lipinski definition) is 5. The van der Waals surface area contributed by atoms with Crippen LogP contribution in [0, 0.1) is 0 Å². The summed E-state index contributed by atoms with van der Waals surface area (Å²) in [5.41, 5.74) is 0.874. The molecule has 102 valence electrons. The van der Waals surface area contributed by atoms with Gasteiger partial charge in [-0.15, -0.1) is 0 Å². The Bertz CT molecular complexity index is 334. The highest BCUT2D eigenvalue weighted by Crippen LogP contribution is 2.22. The summed E-state index contributed by atoms with van der Waals surface area (Å²) >= 11 is 0. The van der Waals surface area contributed by atoms with Crippen LogP contribution in [0.1, 0.15) is 18.7 Å². The molecule has 0 fully saturated rings. The Balaban J connectivity index is 2.64. The highest BCUT2D eigenvalue weighted by atomic mass is 16.5. The SMILES string of the molecule is CCNC(COCCOC)c1ncccc1OC. The molecule has 1 unspecified atom stereocenters. The van der Waals surface area contributed by atoms with E-state index in [4.69, 9.17) is 14.2 Å². The first kappa shape index (κ1) is 14.9. The van der Waals surface area contributed by atoms with E-state index >= 15 is 0 Å². The monoisotopic (exact) mass is 254 g/mol. The van der Waals surface area contributed by atoms with Gasteiger partial charge in [0, 0.05) is 13.3 Å². The molecule has 1 atom stereocenters. The minimum atomic E-state index is 0.0306. The molecule has 0 amide bonds. The molecule has 0 bridgehead atoms. The van der Waals surface area contributed by atoms with Gasteiger partial charge in [-0.25, -0.2) is 0 Å². The number of aromatic nitrogens is 1. The Hall–Kier alpha value is -1.17. The van der Waals surface area contributed by atoms with E-state index in [-0.39, 0.29) is 6.04 Å². The van der Waals surface area contributed by atoms with Crippen LogP contribution in [0.3, 0.4) is 0 Å². The van der Waals surface area contributed by atoms with Crippen LogP contribution in [-0.4, -0.2) is 45.6 Å². The molecule has 18 heavy (non-hydrogen) atoms. The molecule has 0 radical (unpaired) electrons. The maximum absolute atomic E-state index is 5.56. The molecule has 0 saturated heterocycles. The first-order valence-electron chi connectivity index (χ1n) is 6.12. The predicted molar refractivity (Wildman–Crippen MR) is 69.9 cm³/mol. The normalized spacial score (nSPS) is 12.4. The van der Waals surface area contributed by atoms with Crippen molar-refractivity contribution in [3.05, 3.63) is 24.0 Å². The average Bonchev–Trinajstić information content (AvgIpc) is 2.42. The number of hydrogen-bond donors (Lipinski definition) is 1. The third kappa shape index (κ3) is 4.60. The zero-order valence-corrected chi connectivity index (χ0v) is 11.3. The number of nitrogens with zero attached hydrogens (tertiary/aromatic N) is 1. The quantitative estimate of drug-likeness (QED) is 0.675. The van der Waals surface area contributed by atoms with E-state index in [2.05, 4.69) is 17.2 Å². The van der Waals surface area contributed by atoms with Crippen LogP contribution < -0.4 is 10.1 Å². The first-order chi connectivity index (χ1) is 8.83. The largest absolute Gasteiger partial charge is 0.495 e. The van der Waals surface area contributed by atoms with Crippen LogP contribution in [0.15, 0.2) is 18.3 Å². The highest BCUT2D eigenvalue weighted by Gasteiger charge is 2.16. The molecule has 5 nitrogen and oxygen atoms in total.